The van der Waals surface area contributed by atoms with E-state index >= 15 is 0 Å². The fourth-order valence-corrected chi connectivity index (χ4v) is 17.4. The molecule has 0 saturated heterocycles. The van der Waals surface area contributed by atoms with E-state index in [4.69, 9.17) is 0 Å². The molecule has 0 aliphatic carbocycles. The Morgan fingerprint density at radius 2 is 0.375 bits per heavy atom. The van der Waals surface area contributed by atoms with Crippen LogP contribution in [0.4, 0.5) is 0 Å². The number of allylic oxidation sites excluding steroid dienone is 2. The molecular weight excluding hydrogens is 748 g/mol. The van der Waals surface area contributed by atoms with Crippen LogP contribution < -0.4 is 42.4 Å². The van der Waals surface area contributed by atoms with Gasteiger partial charge >= 0.3 is 0 Å². The van der Waals surface area contributed by atoms with E-state index < -0.39 is 31.7 Å². The lowest BCUT2D eigenvalue weighted by Crippen LogP contribution is -2.19. The molecule has 0 spiro atoms. The van der Waals surface area contributed by atoms with Crippen molar-refractivity contribution in [3.8, 4) is 0 Å². The number of rotatable bonds is 13. The van der Waals surface area contributed by atoms with Crippen LogP contribution in [0.5, 0.6) is 0 Å². The molecule has 0 N–H and O–H groups in total. The first kappa shape index (κ1) is 37.9. The van der Waals surface area contributed by atoms with Crippen molar-refractivity contribution in [2.45, 2.75) is 0 Å². The van der Waals surface area contributed by atoms with Gasteiger partial charge in [-0.3, -0.25) is 0 Å². The van der Waals surface area contributed by atoms with Gasteiger partial charge in [-0.2, -0.15) is 0 Å². The van der Waals surface area contributed by atoms with Crippen molar-refractivity contribution in [3.63, 3.8) is 0 Å². The highest BCUT2D eigenvalue weighted by atomic mass is 31.1. The van der Waals surface area contributed by atoms with Gasteiger partial charge in [-0.1, -0.05) is 243 Å². The van der Waals surface area contributed by atoms with Crippen LogP contribution in [0.1, 0.15) is 0 Å². The molecule has 0 aromatic heterocycles. The summed E-state index contributed by atoms with van der Waals surface area (Å²) in [7, 11) is -3.83. The summed E-state index contributed by atoms with van der Waals surface area (Å²) < 4.78 is 0. The minimum absolute atomic E-state index is 0.901. The van der Waals surface area contributed by atoms with Gasteiger partial charge in [0.15, 0.2) is 0 Å². The molecule has 0 nitrogen and oxygen atoms in total. The van der Waals surface area contributed by atoms with Crippen LogP contribution in [0.2, 0.25) is 0 Å². The van der Waals surface area contributed by atoms with Crippen LogP contribution >= 0.6 is 31.7 Å². The van der Waals surface area contributed by atoms with Crippen molar-refractivity contribution in [3.05, 3.63) is 265 Å². The van der Waals surface area contributed by atoms with Gasteiger partial charge in [-0.25, -0.2) is 0 Å². The van der Waals surface area contributed by atoms with Crippen molar-refractivity contribution in [2.75, 3.05) is 0 Å². The van der Waals surface area contributed by atoms with Crippen LogP contribution in [-0.2, 0) is 0 Å². The lowest BCUT2D eigenvalue weighted by molar-refractivity contribution is 1.72. The Balaban J connectivity index is 1.52. The van der Waals surface area contributed by atoms with Gasteiger partial charge in [0.1, 0.15) is 0 Å². The second-order valence-electron chi connectivity index (χ2n) is 13.1. The summed E-state index contributed by atoms with van der Waals surface area (Å²) in [6.07, 6.45) is 0. The second kappa shape index (κ2) is 19.2. The zero-order valence-corrected chi connectivity index (χ0v) is 34.6. The smallest absolute Gasteiger partial charge is 0.00559 e. The molecule has 8 aromatic rings. The monoisotopic (exact) mass is 790 g/mol. The molecule has 56 heavy (non-hydrogen) atoms. The Bertz CT molecular complexity index is 2110. The normalized spacial score (nSPS) is 12.1. The van der Waals surface area contributed by atoms with Crippen molar-refractivity contribution in [1.29, 1.82) is 0 Å². The summed E-state index contributed by atoms with van der Waals surface area (Å²) in [4.78, 5) is 0. The number of benzene rings is 8. The molecule has 4 heteroatoms. The minimum Gasteiger partial charge on any atom is -0.0622 e. The first-order chi connectivity index (χ1) is 27.8. The third-order valence-corrected chi connectivity index (χ3v) is 19.4. The lowest BCUT2D eigenvalue weighted by atomic mass is 10.4. The Morgan fingerprint density at radius 1 is 0.214 bits per heavy atom. The van der Waals surface area contributed by atoms with E-state index in [1.54, 1.807) is 0 Å². The van der Waals surface area contributed by atoms with Crippen molar-refractivity contribution in [2.24, 2.45) is 0 Å². The van der Waals surface area contributed by atoms with Gasteiger partial charge in [-0.15, -0.1) is 0 Å². The zero-order valence-electron chi connectivity index (χ0n) is 31.0. The predicted molar refractivity (Wildman–Crippen MR) is 252 cm³/mol. The van der Waals surface area contributed by atoms with Crippen LogP contribution in [0.3, 0.4) is 0 Å². The average Bonchev–Trinajstić information content (AvgIpc) is 3.29. The first-order valence-electron chi connectivity index (χ1n) is 18.9. The van der Waals surface area contributed by atoms with Crippen molar-refractivity contribution in [1.82, 2.24) is 0 Å². The molecule has 0 fully saturated rings. The highest BCUT2D eigenvalue weighted by Gasteiger charge is 2.31. The molecule has 0 saturated carbocycles. The molecule has 8 rings (SSSR count). The van der Waals surface area contributed by atoms with Gasteiger partial charge in [0, 0.05) is 0 Å². The van der Waals surface area contributed by atoms with E-state index in [-0.39, 0.29) is 0 Å². The van der Waals surface area contributed by atoms with Gasteiger partial charge < -0.3 is 0 Å². The van der Waals surface area contributed by atoms with Crippen LogP contribution in [-0.4, -0.2) is 0 Å². The summed E-state index contributed by atoms with van der Waals surface area (Å²) in [5.74, 6) is 5.42. The summed E-state index contributed by atoms with van der Waals surface area (Å²) >= 11 is 0. The standard InChI is InChI=1S/C52H42P4/c1-9-25-43(26-10-1)53(44-27-11-2-12-28-44)41-51(55(47-33-17-5-18-34-47)48-35-19-6-20-36-48)52(56(49-37-21-7-22-38-49)50-39-23-8-24-40-50)42-54(45-29-13-3-14-30-45)46-31-15-4-16-32-46/h1-42H/b51-41-,52-42-. The molecule has 0 bridgehead atoms. The third kappa shape index (κ3) is 9.15. The van der Waals surface area contributed by atoms with E-state index in [1.807, 2.05) is 0 Å². The van der Waals surface area contributed by atoms with E-state index in [9.17, 15) is 0 Å². The van der Waals surface area contributed by atoms with Crippen molar-refractivity contribution >= 4 is 74.1 Å². The van der Waals surface area contributed by atoms with Gasteiger partial charge in [-0.05, 0) is 96.4 Å². The fraction of sp³-hybridized carbons (Fsp3) is 0. The topological polar surface area (TPSA) is 0 Å². The SMILES string of the molecule is C(=C(\C(=C\P(c1ccccc1)c1ccccc1)P(c1ccccc1)c1ccccc1)P(c1ccccc1)c1ccccc1)/P(c1ccccc1)c1ccccc1. The molecule has 0 unspecified atom stereocenters. The quantitative estimate of drug-likeness (QED) is 0.0806. The maximum absolute atomic E-state index is 2.71. The molecule has 0 aliphatic rings. The molecule has 0 amide bonds. The highest BCUT2D eigenvalue weighted by molar-refractivity contribution is 7.84. The van der Waals surface area contributed by atoms with E-state index in [0.29, 0.717) is 0 Å². The summed E-state index contributed by atoms with van der Waals surface area (Å²) in [6.45, 7) is 0. The molecule has 0 heterocycles. The van der Waals surface area contributed by atoms with E-state index in [2.05, 4.69) is 254 Å². The number of hydrogen-bond donors (Lipinski definition) is 0. The minimum atomic E-state index is -1.01. The van der Waals surface area contributed by atoms with E-state index in [0.717, 1.165) is 0 Å². The van der Waals surface area contributed by atoms with Crippen LogP contribution in [0.15, 0.2) is 265 Å². The van der Waals surface area contributed by atoms with Crippen molar-refractivity contribution < 1.29 is 0 Å². The van der Waals surface area contributed by atoms with Crippen LogP contribution in [0, 0.1) is 0 Å². The zero-order chi connectivity index (χ0) is 37.8. The van der Waals surface area contributed by atoms with Gasteiger partial charge in [0.2, 0.25) is 0 Å². The fourth-order valence-electron chi connectivity index (χ4n) is 6.83. The highest BCUT2D eigenvalue weighted by Crippen LogP contribution is 2.61. The maximum Gasteiger partial charge on any atom is -0.00559 e. The summed E-state index contributed by atoms with van der Waals surface area (Å²) in [6, 6.07) is 89.7. The Kier molecular flexibility index (Phi) is 13.0. The lowest BCUT2D eigenvalue weighted by Gasteiger charge is -2.32. The number of hydrogen-bond acceptors (Lipinski definition) is 0. The molecule has 0 aliphatic heterocycles. The molecule has 0 radical (unpaired) electrons. The molecular formula is C52H42P4. The summed E-state index contributed by atoms with van der Waals surface area (Å²) in [5, 5.41) is 13.6. The second-order valence-corrected chi connectivity index (χ2v) is 21.6. The third-order valence-electron chi connectivity index (χ3n) is 9.44. The van der Waals surface area contributed by atoms with Crippen LogP contribution in [0.25, 0.3) is 0 Å². The first-order valence-corrected chi connectivity index (χ1v) is 24.4. The maximum atomic E-state index is 2.71. The largest absolute Gasteiger partial charge is 0.0622 e. The summed E-state index contributed by atoms with van der Waals surface area (Å²) in [5.41, 5.74) is 0. The Hall–Kier alpha value is -5.04. The Labute approximate surface area is 337 Å². The van der Waals surface area contributed by atoms with Gasteiger partial charge in [0.05, 0.1) is 0 Å². The average molecular weight is 791 g/mol. The predicted octanol–water partition coefficient (Wildman–Crippen LogP) is 11.2. The molecule has 8 aromatic carbocycles. The van der Waals surface area contributed by atoms with Gasteiger partial charge in [0.25, 0.3) is 0 Å². The van der Waals surface area contributed by atoms with E-state index in [1.165, 1.54) is 53.1 Å². The Morgan fingerprint density at radius 3 is 0.554 bits per heavy atom. The molecule has 0 atom stereocenters. The molecule has 270 valence electrons.